The molecule has 0 unspecified atom stereocenters. The lowest BCUT2D eigenvalue weighted by molar-refractivity contribution is 0.111. The van der Waals surface area contributed by atoms with Gasteiger partial charge in [0.25, 0.3) is 0 Å². The molecule has 0 bridgehead atoms. The van der Waals surface area contributed by atoms with E-state index in [-0.39, 0.29) is 0 Å². The zero-order chi connectivity index (χ0) is 17.5. The van der Waals surface area contributed by atoms with Crippen molar-refractivity contribution < 1.29 is 18.8 Å². The zero-order valence-corrected chi connectivity index (χ0v) is 14.4. The van der Waals surface area contributed by atoms with Crippen molar-refractivity contribution in [3.63, 3.8) is 0 Å². The fourth-order valence-electron chi connectivity index (χ4n) is 2.71. The minimum atomic E-state index is 0.521. The van der Waals surface area contributed by atoms with Crippen LogP contribution in [-0.4, -0.2) is 37.1 Å². The number of aliphatic imine (C=N–C) groups is 1. The molecule has 1 aliphatic heterocycles. The van der Waals surface area contributed by atoms with Crippen LogP contribution in [0.2, 0.25) is 0 Å². The Morgan fingerprint density at radius 1 is 1.24 bits per heavy atom. The molecule has 6 heteroatoms. The summed E-state index contributed by atoms with van der Waals surface area (Å²) in [6.07, 6.45) is 4.66. The van der Waals surface area contributed by atoms with Crippen LogP contribution in [0.15, 0.2) is 33.8 Å². The number of nitrogens with zero attached hydrogens (tertiary/aromatic N) is 2. The SMILES string of the molecule is Cc1cc(CCCCCOc2ccc(C3=NCCO3)cc2C=O)on1. The molecule has 6 nitrogen and oxygen atoms in total. The molecule has 2 heterocycles. The van der Waals surface area contributed by atoms with Crippen LogP contribution in [0.3, 0.4) is 0 Å². The summed E-state index contributed by atoms with van der Waals surface area (Å²) >= 11 is 0. The van der Waals surface area contributed by atoms with Gasteiger partial charge in [-0.25, -0.2) is 4.99 Å². The van der Waals surface area contributed by atoms with Gasteiger partial charge in [-0.1, -0.05) is 5.16 Å². The van der Waals surface area contributed by atoms with Gasteiger partial charge in [-0.05, 0) is 44.4 Å². The molecule has 0 radical (unpaired) electrons. The molecule has 132 valence electrons. The first-order valence-corrected chi connectivity index (χ1v) is 8.58. The van der Waals surface area contributed by atoms with Gasteiger partial charge in [-0.2, -0.15) is 0 Å². The number of rotatable bonds is 9. The van der Waals surface area contributed by atoms with Gasteiger partial charge in [-0.3, -0.25) is 4.79 Å². The van der Waals surface area contributed by atoms with Gasteiger partial charge in [0.05, 0.1) is 24.4 Å². The van der Waals surface area contributed by atoms with E-state index >= 15 is 0 Å². The third kappa shape index (κ3) is 4.68. The molecule has 1 aromatic carbocycles. The Hall–Kier alpha value is -2.63. The molecule has 0 N–H and O–H groups in total. The van der Waals surface area contributed by atoms with Crippen molar-refractivity contribution in [2.24, 2.45) is 4.99 Å². The van der Waals surface area contributed by atoms with Crippen molar-refractivity contribution in [1.82, 2.24) is 5.16 Å². The predicted molar refractivity (Wildman–Crippen MR) is 93.5 cm³/mol. The Balaban J connectivity index is 1.43. The number of hydrogen-bond donors (Lipinski definition) is 0. The second kappa shape index (κ2) is 8.46. The number of aromatic nitrogens is 1. The van der Waals surface area contributed by atoms with Crippen LogP contribution >= 0.6 is 0 Å². The zero-order valence-electron chi connectivity index (χ0n) is 14.4. The highest BCUT2D eigenvalue weighted by Crippen LogP contribution is 2.21. The van der Waals surface area contributed by atoms with Crippen LogP contribution in [0, 0.1) is 6.92 Å². The van der Waals surface area contributed by atoms with E-state index in [9.17, 15) is 4.79 Å². The normalized spacial score (nSPS) is 13.4. The highest BCUT2D eigenvalue weighted by molar-refractivity contribution is 5.97. The van der Waals surface area contributed by atoms with E-state index < -0.39 is 0 Å². The first kappa shape index (κ1) is 17.2. The third-order valence-electron chi connectivity index (χ3n) is 3.97. The summed E-state index contributed by atoms with van der Waals surface area (Å²) in [6.45, 7) is 3.75. The van der Waals surface area contributed by atoms with Gasteiger partial charge < -0.3 is 14.0 Å². The molecule has 0 fully saturated rings. The third-order valence-corrected chi connectivity index (χ3v) is 3.97. The van der Waals surface area contributed by atoms with Crippen molar-refractivity contribution in [2.45, 2.75) is 32.6 Å². The van der Waals surface area contributed by atoms with Crippen molar-refractivity contribution in [3.05, 3.63) is 46.8 Å². The molecule has 3 rings (SSSR count). The lowest BCUT2D eigenvalue weighted by atomic mass is 10.1. The molecular formula is C19H22N2O4. The van der Waals surface area contributed by atoms with Crippen LogP contribution in [-0.2, 0) is 11.2 Å². The van der Waals surface area contributed by atoms with Crippen LogP contribution in [0.4, 0.5) is 0 Å². The quantitative estimate of drug-likeness (QED) is 0.516. The number of aryl methyl sites for hydroxylation is 2. The Kier molecular flexibility index (Phi) is 5.82. The van der Waals surface area contributed by atoms with Crippen molar-refractivity contribution in [3.8, 4) is 5.75 Å². The van der Waals surface area contributed by atoms with Gasteiger partial charge in [-0.15, -0.1) is 0 Å². The molecule has 0 atom stereocenters. The number of hydrogen-bond acceptors (Lipinski definition) is 6. The Morgan fingerprint density at radius 2 is 2.16 bits per heavy atom. The fourth-order valence-corrected chi connectivity index (χ4v) is 2.71. The van der Waals surface area contributed by atoms with Crippen LogP contribution in [0.5, 0.6) is 5.75 Å². The molecule has 0 aliphatic carbocycles. The van der Waals surface area contributed by atoms with E-state index in [4.69, 9.17) is 14.0 Å². The molecule has 2 aromatic rings. The maximum Gasteiger partial charge on any atom is 0.216 e. The summed E-state index contributed by atoms with van der Waals surface area (Å²) in [5, 5.41) is 3.88. The van der Waals surface area contributed by atoms with Crippen LogP contribution in [0.1, 0.15) is 46.6 Å². The number of unbranched alkanes of at least 4 members (excludes halogenated alkanes) is 2. The molecule has 0 saturated carbocycles. The number of benzene rings is 1. The molecule has 0 spiro atoms. The minimum Gasteiger partial charge on any atom is -0.493 e. The Labute approximate surface area is 146 Å². The van der Waals surface area contributed by atoms with Gasteiger partial charge in [0.1, 0.15) is 18.1 Å². The lowest BCUT2D eigenvalue weighted by Crippen LogP contribution is -2.04. The van der Waals surface area contributed by atoms with E-state index in [1.807, 2.05) is 19.1 Å². The maximum atomic E-state index is 11.3. The summed E-state index contributed by atoms with van der Waals surface area (Å²) in [6, 6.07) is 7.41. The van der Waals surface area contributed by atoms with Crippen molar-refractivity contribution in [2.75, 3.05) is 19.8 Å². The van der Waals surface area contributed by atoms with E-state index in [1.54, 1.807) is 12.1 Å². The Morgan fingerprint density at radius 3 is 2.88 bits per heavy atom. The number of carbonyl (C=O) groups is 1. The summed E-state index contributed by atoms with van der Waals surface area (Å²) in [4.78, 5) is 15.6. The van der Waals surface area contributed by atoms with E-state index in [2.05, 4.69) is 10.1 Å². The monoisotopic (exact) mass is 342 g/mol. The van der Waals surface area contributed by atoms with Gasteiger partial charge in [0, 0.05) is 18.1 Å². The molecule has 1 aromatic heterocycles. The predicted octanol–water partition coefficient (Wildman–Crippen LogP) is 3.36. The van der Waals surface area contributed by atoms with E-state index in [1.165, 1.54) is 0 Å². The van der Waals surface area contributed by atoms with Crippen LogP contribution < -0.4 is 4.74 Å². The molecule has 0 amide bonds. The second-order valence-corrected chi connectivity index (χ2v) is 6.00. The molecule has 1 aliphatic rings. The van der Waals surface area contributed by atoms with E-state index in [0.717, 1.165) is 49.0 Å². The number of aldehydes is 1. The second-order valence-electron chi connectivity index (χ2n) is 6.00. The number of ether oxygens (including phenoxy) is 2. The van der Waals surface area contributed by atoms with Crippen LogP contribution in [0.25, 0.3) is 0 Å². The van der Waals surface area contributed by atoms with Gasteiger partial charge in [0.15, 0.2) is 6.29 Å². The topological polar surface area (TPSA) is 73.9 Å². The summed E-state index contributed by atoms with van der Waals surface area (Å²) in [5.41, 5.74) is 2.25. The molecule has 25 heavy (non-hydrogen) atoms. The highest BCUT2D eigenvalue weighted by Gasteiger charge is 2.13. The average molecular weight is 342 g/mol. The van der Waals surface area contributed by atoms with Gasteiger partial charge in [0.2, 0.25) is 5.90 Å². The lowest BCUT2D eigenvalue weighted by Gasteiger charge is -2.10. The smallest absolute Gasteiger partial charge is 0.216 e. The first-order valence-electron chi connectivity index (χ1n) is 8.58. The summed E-state index contributed by atoms with van der Waals surface area (Å²) in [7, 11) is 0. The fraction of sp³-hybridized carbons (Fsp3) is 0.421. The highest BCUT2D eigenvalue weighted by atomic mass is 16.5. The summed E-state index contributed by atoms with van der Waals surface area (Å²) in [5.74, 6) is 2.12. The molecular weight excluding hydrogens is 320 g/mol. The maximum absolute atomic E-state index is 11.3. The Bertz CT molecular complexity index is 752. The van der Waals surface area contributed by atoms with E-state index in [0.29, 0.717) is 37.0 Å². The first-order chi connectivity index (χ1) is 12.3. The van der Waals surface area contributed by atoms with Crippen molar-refractivity contribution >= 4 is 12.2 Å². The van der Waals surface area contributed by atoms with Crippen molar-refractivity contribution in [1.29, 1.82) is 0 Å². The minimum absolute atomic E-state index is 0.521. The average Bonchev–Trinajstić information content (AvgIpc) is 3.30. The standard InChI is InChI=1S/C19H22N2O4/c1-14-11-17(25-21-14)5-3-2-4-9-23-18-7-6-15(12-16(18)13-22)19-20-8-10-24-19/h6-7,11-13H,2-5,8-10H2,1H3. The largest absolute Gasteiger partial charge is 0.493 e. The molecule has 0 saturated heterocycles. The van der Waals surface area contributed by atoms with Gasteiger partial charge >= 0.3 is 0 Å². The number of carbonyl (C=O) groups excluding carboxylic acids is 1. The summed E-state index contributed by atoms with van der Waals surface area (Å²) < 4.78 is 16.4.